The van der Waals surface area contributed by atoms with Crippen LogP contribution in [0, 0.1) is 0 Å². The Balaban J connectivity index is 1.56. The molecular formula is C25H22N4O4S3. The number of ether oxygens (including phenoxy) is 1. The standard InChI is InChI=1S/C25H22N4O4S3/c1-2-17-34-25-28-27-24(35-25)26-23(30)18-29(36(31,32)22-11-7-4-8-12-22)19-13-15-21(16-14-19)33-20-9-5-3-6-10-20/h2-16H,1,17-18H2,(H,26,27,30). The summed E-state index contributed by atoms with van der Waals surface area (Å²) in [7, 11) is -4.04. The number of benzene rings is 3. The Morgan fingerprint density at radius 2 is 1.61 bits per heavy atom. The quantitative estimate of drug-likeness (QED) is 0.154. The second-order valence-electron chi connectivity index (χ2n) is 7.25. The summed E-state index contributed by atoms with van der Waals surface area (Å²) in [5.74, 6) is 1.30. The van der Waals surface area contributed by atoms with Crippen LogP contribution in [0.15, 0.2) is 107 Å². The van der Waals surface area contributed by atoms with E-state index in [4.69, 9.17) is 4.74 Å². The van der Waals surface area contributed by atoms with Crippen molar-refractivity contribution in [3.8, 4) is 11.5 Å². The molecular weight excluding hydrogens is 517 g/mol. The highest BCUT2D eigenvalue weighted by molar-refractivity contribution is 8.01. The number of sulfonamides is 1. The molecule has 0 bridgehead atoms. The second-order valence-corrected chi connectivity index (χ2v) is 11.4. The number of carbonyl (C=O) groups excluding carboxylic acids is 1. The molecule has 0 fully saturated rings. The van der Waals surface area contributed by atoms with Crippen LogP contribution in [0.1, 0.15) is 0 Å². The maximum absolute atomic E-state index is 13.5. The first-order valence-electron chi connectivity index (χ1n) is 10.7. The minimum absolute atomic E-state index is 0.0708. The summed E-state index contributed by atoms with van der Waals surface area (Å²) in [6.07, 6.45) is 1.74. The number of hydrogen-bond donors (Lipinski definition) is 1. The Kier molecular flexibility index (Phi) is 8.36. The molecule has 11 heteroatoms. The van der Waals surface area contributed by atoms with Crippen LogP contribution in [-0.2, 0) is 14.8 Å². The van der Waals surface area contributed by atoms with Crippen molar-refractivity contribution in [2.75, 3.05) is 21.9 Å². The summed E-state index contributed by atoms with van der Waals surface area (Å²) in [5.41, 5.74) is 0.314. The predicted molar refractivity (Wildman–Crippen MR) is 143 cm³/mol. The molecule has 0 radical (unpaired) electrons. The van der Waals surface area contributed by atoms with Crippen LogP contribution >= 0.6 is 23.1 Å². The van der Waals surface area contributed by atoms with E-state index < -0.39 is 22.5 Å². The number of amides is 1. The van der Waals surface area contributed by atoms with Crippen LogP contribution < -0.4 is 14.4 Å². The highest BCUT2D eigenvalue weighted by Gasteiger charge is 2.27. The number of para-hydroxylation sites is 1. The van der Waals surface area contributed by atoms with E-state index >= 15 is 0 Å². The van der Waals surface area contributed by atoms with Crippen LogP contribution in [0.3, 0.4) is 0 Å². The lowest BCUT2D eigenvalue weighted by Gasteiger charge is -2.24. The van der Waals surface area contributed by atoms with Gasteiger partial charge in [0.1, 0.15) is 18.0 Å². The Hall–Kier alpha value is -3.67. The van der Waals surface area contributed by atoms with Crippen LogP contribution in [-0.4, -0.2) is 36.8 Å². The topological polar surface area (TPSA) is 101 Å². The van der Waals surface area contributed by atoms with Crippen LogP contribution in [0.25, 0.3) is 0 Å². The number of hydrogen-bond acceptors (Lipinski definition) is 8. The molecule has 0 saturated carbocycles. The zero-order valence-corrected chi connectivity index (χ0v) is 21.4. The van der Waals surface area contributed by atoms with E-state index in [9.17, 15) is 13.2 Å². The lowest BCUT2D eigenvalue weighted by Crippen LogP contribution is -2.38. The summed E-state index contributed by atoms with van der Waals surface area (Å²) in [5, 5.41) is 10.9. The van der Waals surface area contributed by atoms with Crippen LogP contribution in [0.4, 0.5) is 10.8 Å². The molecule has 0 unspecified atom stereocenters. The average molecular weight is 539 g/mol. The zero-order chi connectivity index (χ0) is 25.4. The Morgan fingerprint density at radius 3 is 2.28 bits per heavy atom. The molecule has 4 aromatic rings. The van der Waals surface area contributed by atoms with Gasteiger partial charge in [-0.15, -0.1) is 16.8 Å². The molecule has 8 nitrogen and oxygen atoms in total. The molecule has 184 valence electrons. The predicted octanol–water partition coefficient (Wildman–Crippen LogP) is 5.44. The maximum Gasteiger partial charge on any atom is 0.264 e. The Bertz CT molecular complexity index is 1410. The third-order valence-electron chi connectivity index (χ3n) is 4.70. The first kappa shape index (κ1) is 25.4. The summed E-state index contributed by atoms with van der Waals surface area (Å²) in [6, 6.07) is 23.7. The van der Waals surface area contributed by atoms with Gasteiger partial charge < -0.3 is 4.74 Å². The van der Waals surface area contributed by atoms with Crippen LogP contribution in [0.5, 0.6) is 11.5 Å². The van der Waals surface area contributed by atoms with Crippen molar-refractivity contribution in [3.05, 3.63) is 97.6 Å². The van der Waals surface area contributed by atoms with E-state index in [1.54, 1.807) is 48.5 Å². The smallest absolute Gasteiger partial charge is 0.264 e. The highest BCUT2D eigenvalue weighted by Crippen LogP contribution is 2.29. The van der Waals surface area contributed by atoms with E-state index in [-0.39, 0.29) is 10.0 Å². The van der Waals surface area contributed by atoms with Gasteiger partial charge in [-0.2, -0.15) is 0 Å². The molecule has 0 saturated heterocycles. The Labute approximate surface area is 217 Å². The molecule has 0 spiro atoms. The normalized spacial score (nSPS) is 11.0. The summed E-state index contributed by atoms with van der Waals surface area (Å²) in [6.45, 7) is 3.21. The van der Waals surface area contributed by atoms with E-state index in [1.807, 2.05) is 30.3 Å². The number of nitrogens with one attached hydrogen (secondary N) is 1. The van der Waals surface area contributed by atoms with Gasteiger partial charge in [0, 0.05) is 5.75 Å². The molecule has 0 aliphatic rings. The van der Waals surface area contributed by atoms with E-state index in [2.05, 4.69) is 22.1 Å². The van der Waals surface area contributed by atoms with E-state index in [0.717, 1.165) is 4.31 Å². The van der Waals surface area contributed by atoms with Gasteiger partial charge in [0.25, 0.3) is 10.0 Å². The maximum atomic E-state index is 13.5. The van der Waals surface area contributed by atoms with Crippen molar-refractivity contribution in [1.82, 2.24) is 10.2 Å². The van der Waals surface area contributed by atoms with Crippen molar-refractivity contribution < 1.29 is 17.9 Å². The second kappa shape index (κ2) is 11.8. The van der Waals surface area contributed by atoms with Crippen LogP contribution in [0.2, 0.25) is 0 Å². The summed E-state index contributed by atoms with van der Waals surface area (Å²) < 4.78 is 34.5. The minimum atomic E-state index is -4.04. The third kappa shape index (κ3) is 6.51. The summed E-state index contributed by atoms with van der Waals surface area (Å²) >= 11 is 2.65. The van der Waals surface area contributed by atoms with Crippen molar-refractivity contribution in [3.63, 3.8) is 0 Å². The molecule has 0 aliphatic heterocycles. The van der Waals surface area contributed by atoms with E-state index in [0.29, 0.717) is 27.3 Å². The van der Waals surface area contributed by atoms with Gasteiger partial charge in [0.2, 0.25) is 11.0 Å². The fraction of sp³-hybridized carbons (Fsp3) is 0.0800. The SMILES string of the molecule is C=CCSc1nnc(NC(=O)CN(c2ccc(Oc3ccccc3)cc2)S(=O)(=O)c2ccccc2)s1. The number of aromatic nitrogens is 2. The molecule has 1 aromatic heterocycles. The first-order valence-corrected chi connectivity index (χ1v) is 14.0. The molecule has 0 atom stereocenters. The third-order valence-corrected chi connectivity index (χ3v) is 8.46. The average Bonchev–Trinajstić information content (AvgIpc) is 3.34. The van der Waals surface area contributed by atoms with E-state index in [1.165, 1.54) is 35.2 Å². The molecule has 1 amide bonds. The van der Waals surface area contributed by atoms with Crippen molar-refractivity contribution in [1.29, 1.82) is 0 Å². The summed E-state index contributed by atoms with van der Waals surface area (Å²) in [4.78, 5) is 13.0. The highest BCUT2D eigenvalue weighted by atomic mass is 32.2. The van der Waals surface area contributed by atoms with Gasteiger partial charge >= 0.3 is 0 Å². The lowest BCUT2D eigenvalue weighted by molar-refractivity contribution is -0.114. The monoisotopic (exact) mass is 538 g/mol. The van der Waals surface area contributed by atoms with Crippen molar-refractivity contribution in [2.24, 2.45) is 0 Å². The molecule has 3 aromatic carbocycles. The molecule has 0 aliphatic carbocycles. The van der Waals surface area contributed by atoms with Gasteiger partial charge in [-0.25, -0.2) is 8.42 Å². The minimum Gasteiger partial charge on any atom is -0.457 e. The first-order chi connectivity index (χ1) is 17.5. The molecule has 1 heterocycles. The van der Waals surface area contributed by atoms with Gasteiger partial charge in [-0.3, -0.25) is 14.4 Å². The lowest BCUT2D eigenvalue weighted by atomic mass is 10.3. The largest absolute Gasteiger partial charge is 0.457 e. The molecule has 1 N–H and O–H groups in total. The van der Waals surface area contributed by atoms with Gasteiger partial charge in [-0.1, -0.05) is 65.6 Å². The van der Waals surface area contributed by atoms with Gasteiger partial charge in [0.05, 0.1) is 10.6 Å². The van der Waals surface area contributed by atoms with Crippen molar-refractivity contribution >= 4 is 49.8 Å². The number of thioether (sulfide) groups is 1. The van der Waals surface area contributed by atoms with Gasteiger partial charge in [0.15, 0.2) is 4.34 Å². The molecule has 4 rings (SSSR count). The zero-order valence-electron chi connectivity index (χ0n) is 19.0. The number of nitrogens with zero attached hydrogens (tertiary/aromatic N) is 3. The fourth-order valence-electron chi connectivity index (χ4n) is 3.08. The number of rotatable bonds is 11. The number of anilines is 2. The fourth-order valence-corrected chi connectivity index (χ4v) is 6.05. The Morgan fingerprint density at radius 1 is 0.972 bits per heavy atom. The van der Waals surface area contributed by atoms with Gasteiger partial charge in [-0.05, 0) is 48.5 Å². The molecule has 36 heavy (non-hydrogen) atoms. The van der Waals surface area contributed by atoms with Crippen molar-refractivity contribution in [2.45, 2.75) is 9.24 Å². The number of carbonyl (C=O) groups is 1.